The molecule has 0 aromatic carbocycles. The lowest BCUT2D eigenvalue weighted by Crippen LogP contribution is -2.42. The second kappa shape index (κ2) is 8.15. The standard InChI is InChI=1S/2C9H18N.2CH3/c2*1-9-4-7-10(8-9)5-2-3-6-10;;/h2*9H,2-8H2,1H3;2*1H3/q2*+1;2*-1. The quantitative estimate of drug-likeness (QED) is 0.465. The average Bonchev–Trinajstić information content (AvgIpc) is 3.17. The second-order valence-electron chi connectivity index (χ2n) is 8.59. The van der Waals surface area contributed by atoms with Crippen LogP contribution < -0.4 is 0 Å². The molecule has 0 N–H and O–H groups in total. The van der Waals surface area contributed by atoms with Gasteiger partial charge in [0.1, 0.15) is 0 Å². The number of hydrogen-bond acceptors (Lipinski definition) is 0. The van der Waals surface area contributed by atoms with Gasteiger partial charge in [0, 0.05) is 50.4 Å². The summed E-state index contributed by atoms with van der Waals surface area (Å²) < 4.78 is 2.97. The Morgan fingerprint density at radius 1 is 0.545 bits per heavy atom. The third-order valence-corrected chi connectivity index (χ3v) is 6.62. The molecular formula is C20H42N2. The van der Waals surface area contributed by atoms with Crippen molar-refractivity contribution in [2.24, 2.45) is 11.8 Å². The van der Waals surface area contributed by atoms with Crippen LogP contribution in [-0.2, 0) is 0 Å². The topological polar surface area (TPSA) is 0 Å². The number of nitrogens with zero attached hydrogens (tertiary/aromatic N) is 2. The molecule has 4 fully saturated rings. The van der Waals surface area contributed by atoms with E-state index >= 15 is 0 Å². The first-order valence-corrected chi connectivity index (χ1v) is 9.32. The summed E-state index contributed by atoms with van der Waals surface area (Å²) in [6, 6.07) is 0. The third-order valence-electron chi connectivity index (χ3n) is 6.62. The minimum absolute atomic E-state index is 0. The van der Waals surface area contributed by atoms with Crippen LogP contribution >= 0.6 is 0 Å². The summed E-state index contributed by atoms with van der Waals surface area (Å²) in [6.45, 7) is 16.7. The van der Waals surface area contributed by atoms with Crippen LogP contribution in [0.3, 0.4) is 0 Å². The molecule has 2 spiro atoms. The zero-order valence-corrected chi connectivity index (χ0v) is 15.9. The molecule has 2 heteroatoms. The molecule has 4 aliphatic heterocycles. The third kappa shape index (κ3) is 4.47. The van der Waals surface area contributed by atoms with E-state index in [9.17, 15) is 0 Å². The summed E-state index contributed by atoms with van der Waals surface area (Å²) in [4.78, 5) is 0. The van der Waals surface area contributed by atoms with E-state index in [4.69, 9.17) is 0 Å². The van der Waals surface area contributed by atoms with E-state index in [0.29, 0.717) is 0 Å². The van der Waals surface area contributed by atoms with Gasteiger partial charge in [-0.05, 0) is 0 Å². The number of hydrogen-bond donors (Lipinski definition) is 0. The van der Waals surface area contributed by atoms with Gasteiger partial charge in [-0.1, -0.05) is 13.8 Å². The molecule has 0 bridgehead atoms. The monoisotopic (exact) mass is 310 g/mol. The molecule has 132 valence electrons. The molecule has 0 amide bonds. The van der Waals surface area contributed by atoms with Crippen LogP contribution in [0.5, 0.6) is 0 Å². The normalized spacial score (nSPS) is 34.1. The van der Waals surface area contributed by atoms with Gasteiger partial charge in [0.25, 0.3) is 0 Å². The van der Waals surface area contributed by atoms with Crippen molar-refractivity contribution in [3.63, 3.8) is 0 Å². The van der Waals surface area contributed by atoms with Gasteiger partial charge in [-0.3, -0.25) is 0 Å². The summed E-state index contributed by atoms with van der Waals surface area (Å²) in [5.41, 5.74) is 0. The lowest BCUT2D eigenvalue weighted by Gasteiger charge is -2.28. The van der Waals surface area contributed by atoms with Crippen molar-refractivity contribution in [2.75, 3.05) is 52.4 Å². The molecule has 4 saturated heterocycles. The highest BCUT2D eigenvalue weighted by molar-refractivity contribution is 4.66. The van der Waals surface area contributed by atoms with Crippen LogP contribution in [0.4, 0.5) is 0 Å². The highest BCUT2D eigenvalue weighted by Crippen LogP contribution is 2.30. The largest absolute Gasteiger partial charge is 0.358 e. The van der Waals surface area contributed by atoms with Crippen LogP contribution in [0.1, 0.15) is 52.4 Å². The Hall–Kier alpha value is -0.0800. The van der Waals surface area contributed by atoms with Gasteiger partial charge < -0.3 is 23.8 Å². The maximum absolute atomic E-state index is 2.41. The van der Waals surface area contributed by atoms with E-state index in [0.717, 1.165) is 11.8 Å². The zero-order valence-electron chi connectivity index (χ0n) is 15.9. The molecule has 2 atom stereocenters. The van der Waals surface area contributed by atoms with Crippen molar-refractivity contribution >= 4 is 0 Å². The Morgan fingerprint density at radius 3 is 1.09 bits per heavy atom. The van der Waals surface area contributed by atoms with Gasteiger partial charge >= 0.3 is 0 Å². The smallest absolute Gasteiger partial charge is 0.0814 e. The summed E-state index contributed by atoms with van der Waals surface area (Å²) in [5, 5.41) is 0. The fourth-order valence-electron chi connectivity index (χ4n) is 5.50. The van der Waals surface area contributed by atoms with E-state index in [1.165, 1.54) is 99.8 Å². The number of rotatable bonds is 0. The lowest BCUT2D eigenvalue weighted by molar-refractivity contribution is -0.906. The van der Waals surface area contributed by atoms with Crippen LogP contribution in [-0.4, -0.2) is 61.3 Å². The van der Waals surface area contributed by atoms with E-state index < -0.39 is 0 Å². The van der Waals surface area contributed by atoms with Crippen LogP contribution in [0.15, 0.2) is 0 Å². The van der Waals surface area contributed by atoms with Crippen molar-refractivity contribution < 1.29 is 8.97 Å². The highest BCUT2D eigenvalue weighted by atomic mass is 15.4. The zero-order chi connectivity index (χ0) is 14.1. The van der Waals surface area contributed by atoms with Crippen LogP contribution in [0.25, 0.3) is 0 Å². The Kier molecular flexibility index (Phi) is 7.39. The van der Waals surface area contributed by atoms with Crippen molar-refractivity contribution in [1.29, 1.82) is 0 Å². The fourth-order valence-corrected chi connectivity index (χ4v) is 5.50. The molecule has 4 rings (SSSR count). The molecule has 0 aliphatic carbocycles. The van der Waals surface area contributed by atoms with Gasteiger partial charge in [0.15, 0.2) is 0 Å². The molecule has 0 radical (unpaired) electrons. The second-order valence-corrected chi connectivity index (χ2v) is 8.59. The van der Waals surface area contributed by atoms with Crippen molar-refractivity contribution in [3.8, 4) is 0 Å². The van der Waals surface area contributed by atoms with Gasteiger partial charge in [0.05, 0.1) is 52.4 Å². The van der Waals surface area contributed by atoms with Gasteiger partial charge in [-0.25, -0.2) is 0 Å². The minimum atomic E-state index is 0. The predicted molar refractivity (Wildman–Crippen MR) is 98.3 cm³/mol. The molecule has 0 saturated carbocycles. The Balaban J connectivity index is 0.000000202. The van der Waals surface area contributed by atoms with E-state index in [1.807, 2.05) is 0 Å². The Morgan fingerprint density at radius 2 is 0.864 bits per heavy atom. The first-order valence-electron chi connectivity index (χ1n) is 9.32. The van der Waals surface area contributed by atoms with Crippen LogP contribution in [0, 0.1) is 26.7 Å². The molecule has 0 aromatic rings. The van der Waals surface area contributed by atoms with Crippen LogP contribution in [0.2, 0.25) is 0 Å². The van der Waals surface area contributed by atoms with Crippen molar-refractivity contribution in [3.05, 3.63) is 14.9 Å². The van der Waals surface area contributed by atoms with Gasteiger partial charge in [0.2, 0.25) is 0 Å². The van der Waals surface area contributed by atoms with Crippen molar-refractivity contribution in [1.82, 2.24) is 0 Å². The van der Waals surface area contributed by atoms with Gasteiger partial charge in [-0.2, -0.15) is 0 Å². The Labute approximate surface area is 141 Å². The van der Waals surface area contributed by atoms with E-state index in [-0.39, 0.29) is 14.9 Å². The average molecular weight is 311 g/mol. The highest BCUT2D eigenvalue weighted by Gasteiger charge is 2.39. The molecule has 0 aromatic heterocycles. The SMILES string of the molecule is CC1CC[N+]2(CCCC2)C1.CC1CC[N+]2(CCCC2)C1.[CH3-].[CH3-]. The first-order chi connectivity index (χ1) is 9.62. The maximum atomic E-state index is 2.41. The lowest BCUT2D eigenvalue weighted by atomic mass is 10.2. The predicted octanol–water partition coefficient (Wildman–Crippen LogP) is 4.17. The molecule has 4 heterocycles. The molecule has 4 aliphatic rings. The summed E-state index contributed by atoms with van der Waals surface area (Å²) in [5.74, 6) is 2.02. The maximum Gasteiger partial charge on any atom is 0.0814 e. The van der Waals surface area contributed by atoms with Gasteiger partial charge in [-0.15, -0.1) is 0 Å². The molecule has 2 nitrogen and oxygen atoms in total. The van der Waals surface area contributed by atoms with Crippen molar-refractivity contribution in [2.45, 2.75) is 52.4 Å². The molecule has 2 unspecified atom stereocenters. The molecular weight excluding hydrogens is 268 g/mol. The summed E-state index contributed by atoms with van der Waals surface area (Å²) in [6.07, 6.45) is 8.94. The molecule has 22 heavy (non-hydrogen) atoms. The minimum Gasteiger partial charge on any atom is -0.358 e. The van der Waals surface area contributed by atoms with E-state index in [2.05, 4.69) is 13.8 Å². The number of quaternary nitrogens is 2. The summed E-state index contributed by atoms with van der Waals surface area (Å²) in [7, 11) is 0. The first kappa shape index (κ1) is 20.0. The fraction of sp³-hybridized carbons (Fsp3) is 0.900. The Bertz CT molecular complexity index is 282. The van der Waals surface area contributed by atoms with E-state index in [1.54, 1.807) is 0 Å². The summed E-state index contributed by atoms with van der Waals surface area (Å²) >= 11 is 0.